The second-order valence-electron chi connectivity index (χ2n) is 6.77. The average Bonchev–Trinajstić information content (AvgIpc) is 3.17. The van der Waals surface area contributed by atoms with E-state index >= 15 is 0 Å². The summed E-state index contributed by atoms with van der Waals surface area (Å²) < 4.78 is 5.29. The maximum absolute atomic E-state index is 9.17. The number of nitriles is 1. The van der Waals surface area contributed by atoms with Gasteiger partial charge in [0.25, 0.3) is 0 Å². The Morgan fingerprint density at radius 2 is 2.03 bits per heavy atom. The lowest BCUT2D eigenvalue weighted by Crippen LogP contribution is -2.08. The van der Waals surface area contributed by atoms with Crippen molar-refractivity contribution in [3.8, 4) is 11.8 Å². The first kappa shape index (κ1) is 19.0. The van der Waals surface area contributed by atoms with E-state index in [1.807, 2.05) is 31.3 Å². The van der Waals surface area contributed by atoms with Crippen molar-refractivity contribution in [3.05, 3.63) is 69.9 Å². The lowest BCUT2D eigenvalue weighted by Gasteiger charge is -2.16. The molecule has 2 N–H and O–H groups in total. The molecule has 1 unspecified atom stereocenters. The molecule has 1 atom stereocenters. The molecule has 6 nitrogen and oxygen atoms in total. The van der Waals surface area contributed by atoms with Crippen LogP contribution in [0.3, 0.4) is 0 Å². The third kappa shape index (κ3) is 3.57. The van der Waals surface area contributed by atoms with Gasteiger partial charge in [-0.05, 0) is 36.6 Å². The molecular formula is C22H20ClN5O. The molecule has 0 saturated heterocycles. The SMILES string of the molecule is CNc1nc(Nc2ccc(C#N)c(OC)c2)nc2c1CCC2c1ccccc1Cl. The van der Waals surface area contributed by atoms with Crippen LogP contribution in [0.4, 0.5) is 17.5 Å². The number of hydrogen-bond acceptors (Lipinski definition) is 6. The van der Waals surface area contributed by atoms with Gasteiger partial charge in [0.05, 0.1) is 18.4 Å². The Hall–Kier alpha value is -3.30. The van der Waals surface area contributed by atoms with Crippen LogP contribution in [0.1, 0.15) is 34.7 Å². The monoisotopic (exact) mass is 405 g/mol. The van der Waals surface area contributed by atoms with Crippen molar-refractivity contribution in [1.82, 2.24) is 9.97 Å². The van der Waals surface area contributed by atoms with Gasteiger partial charge in [-0.25, -0.2) is 4.98 Å². The first-order chi connectivity index (χ1) is 14.1. The molecule has 4 rings (SSSR count). The molecule has 146 valence electrons. The average molecular weight is 406 g/mol. The second-order valence-corrected chi connectivity index (χ2v) is 7.18. The van der Waals surface area contributed by atoms with E-state index in [0.29, 0.717) is 17.3 Å². The number of rotatable bonds is 5. The molecule has 2 aromatic carbocycles. The summed E-state index contributed by atoms with van der Waals surface area (Å²) in [5, 5.41) is 16.3. The van der Waals surface area contributed by atoms with Crippen molar-refractivity contribution < 1.29 is 4.74 Å². The van der Waals surface area contributed by atoms with Crippen LogP contribution in [0.25, 0.3) is 0 Å². The number of anilines is 3. The van der Waals surface area contributed by atoms with Crippen LogP contribution in [0.2, 0.25) is 5.02 Å². The first-order valence-electron chi connectivity index (χ1n) is 9.32. The summed E-state index contributed by atoms with van der Waals surface area (Å²) in [7, 11) is 3.40. The van der Waals surface area contributed by atoms with E-state index in [-0.39, 0.29) is 5.92 Å². The molecular weight excluding hydrogens is 386 g/mol. The summed E-state index contributed by atoms with van der Waals surface area (Å²) in [6.07, 6.45) is 1.84. The number of nitrogens with one attached hydrogen (secondary N) is 2. The molecule has 1 heterocycles. The molecule has 0 bridgehead atoms. The predicted molar refractivity (Wildman–Crippen MR) is 114 cm³/mol. The van der Waals surface area contributed by atoms with Gasteiger partial charge in [0, 0.05) is 35.3 Å². The van der Waals surface area contributed by atoms with E-state index < -0.39 is 0 Å². The van der Waals surface area contributed by atoms with Crippen LogP contribution in [-0.4, -0.2) is 24.1 Å². The zero-order valence-electron chi connectivity index (χ0n) is 16.2. The number of aromatic nitrogens is 2. The number of halogens is 1. The third-order valence-corrected chi connectivity index (χ3v) is 5.49. The van der Waals surface area contributed by atoms with Crippen LogP contribution in [0, 0.1) is 11.3 Å². The summed E-state index contributed by atoms with van der Waals surface area (Å²) in [6, 6.07) is 15.3. The Bertz CT molecular complexity index is 1110. The fraction of sp³-hybridized carbons (Fsp3) is 0.227. The van der Waals surface area contributed by atoms with E-state index in [1.165, 1.54) is 0 Å². The Morgan fingerprint density at radius 1 is 1.21 bits per heavy atom. The molecule has 7 heteroatoms. The molecule has 29 heavy (non-hydrogen) atoms. The lowest BCUT2D eigenvalue weighted by molar-refractivity contribution is 0.413. The summed E-state index contributed by atoms with van der Waals surface area (Å²) in [5.41, 5.74) is 4.42. The van der Waals surface area contributed by atoms with Crippen molar-refractivity contribution in [3.63, 3.8) is 0 Å². The highest BCUT2D eigenvalue weighted by molar-refractivity contribution is 6.31. The number of nitrogens with zero attached hydrogens (tertiary/aromatic N) is 3. The minimum atomic E-state index is 0.129. The minimum Gasteiger partial charge on any atom is -0.495 e. The highest BCUT2D eigenvalue weighted by atomic mass is 35.5. The van der Waals surface area contributed by atoms with E-state index in [0.717, 1.165) is 46.2 Å². The van der Waals surface area contributed by atoms with Crippen LogP contribution < -0.4 is 15.4 Å². The highest BCUT2D eigenvalue weighted by Gasteiger charge is 2.30. The number of methoxy groups -OCH3 is 1. The van der Waals surface area contributed by atoms with Gasteiger partial charge in [0.15, 0.2) is 0 Å². The minimum absolute atomic E-state index is 0.129. The van der Waals surface area contributed by atoms with Gasteiger partial charge in [-0.15, -0.1) is 0 Å². The van der Waals surface area contributed by atoms with Crippen molar-refractivity contribution in [1.29, 1.82) is 5.26 Å². The highest BCUT2D eigenvalue weighted by Crippen LogP contribution is 2.42. The zero-order chi connectivity index (χ0) is 20.4. The van der Waals surface area contributed by atoms with Gasteiger partial charge in [-0.3, -0.25) is 0 Å². The van der Waals surface area contributed by atoms with Crippen LogP contribution in [0.5, 0.6) is 5.75 Å². The molecule has 0 aliphatic heterocycles. The second kappa shape index (κ2) is 7.98. The largest absolute Gasteiger partial charge is 0.495 e. The Kier molecular flexibility index (Phi) is 5.24. The first-order valence-corrected chi connectivity index (χ1v) is 9.70. The molecule has 0 fully saturated rings. The molecule has 0 spiro atoms. The zero-order valence-corrected chi connectivity index (χ0v) is 16.9. The van der Waals surface area contributed by atoms with Crippen LogP contribution in [0.15, 0.2) is 42.5 Å². The summed E-state index contributed by atoms with van der Waals surface area (Å²) in [5.74, 6) is 1.93. The third-order valence-electron chi connectivity index (χ3n) is 5.15. The Labute approximate surface area is 174 Å². The molecule has 1 aliphatic carbocycles. The van der Waals surface area contributed by atoms with E-state index in [9.17, 15) is 0 Å². The van der Waals surface area contributed by atoms with Gasteiger partial charge in [-0.2, -0.15) is 10.2 Å². The standard InChI is InChI=1S/C22H20ClN5O/c1-25-21-17-10-9-16(15-5-3-4-6-18(15)23)20(17)27-22(28-21)26-14-8-7-13(12-24)19(11-14)29-2/h3-8,11,16H,9-10H2,1-2H3,(H2,25,26,27,28). The quantitative estimate of drug-likeness (QED) is 0.629. The normalized spacial score (nSPS) is 14.8. The fourth-order valence-electron chi connectivity index (χ4n) is 3.77. The Balaban J connectivity index is 1.73. The molecule has 1 aliphatic rings. The van der Waals surface area contributed by atoms with E-state index in [4.69, 9.17) is 26.6 Å². The van der Waals surface area contributed by atoms with Gasteiger partial charge in [-0.1, -0.05) is 29.8 Å². The summed E-state index contributed by atoms with van der Waals surface area (Å²) in [4.78, 5) is 9.46. The van der Waals surface area contributed by atoms with Gasteiger partial charge >= 0.3 is 0 Å². The van der Waals surface area contributed by atoms with E-state index in [2.05, 4.69) is 27.8 Å². The summed E-state index contributed by atoms with van der Waals surface area (Å²) >= 11 is 6.46. The van der Waals surface area contributed by atoms with Crippen molar-refractivity contribution >= 4 is 29.1 Å². The van der Waals surface area contributed by atoms with Gasteiger partial charge in [0.1, 0.15) is 17.6 Å². The number of fused-ring (bicyclic) bond motifs is 1. The molecule has 3 aromatic rings. The van der Waals surface area contributed by atoms with E-state index in [1.54, 1.807) is 19.2 Å². The van der Waals surface area contributed by atoms with Crippen molar-refractivity contribution in [2.75, 3.05) is 24.8 Å². The smallest absolute Gasteiger partial charge is 0.229 e. The van der Waals surface area contributed by atoms with Crippen LogP contribution in [-0.2, 0) is 6.42 Å². The summed E-state index contributed by atoms with van der Waals surface area (Å²) in [6.45, 7) is 0. The number of benzene rings is 2. The fourth-order valence-corrected chi connectivity index (χ4v) is 4.04. The predicted octanol–water partition coefficient (Wildman–Crippen LogP) is 4.87. The molecule has 1 aromatic heterocycles. The van der Waals surface area contributed by atoms with Crippen molar-refractivity contribution in [2.45, 2.75) is 18.8 Å². The van der Waals surface area contributed by atoms with Gasteiger partial charge < -0.3 is 15.4 Å². The van der Waals surface area contributed by atoms with Gasteiger partial charge in [0.2, 0.25) is 5.95 Å². The molecule has 0 saturated carbocycles. The maximum Gasteiger partial charge on any atom is 0.229 e. The lowest BCUT2D eigenvalue weighted by atomic mass is 9.96. The Morgan fingerprint density at radius 3 is 2.76 bits per heavy atom. The molecule has 0 radical (unpaired) electrons. The maximum atomic E-state index is 9.17. The number of ether oxygens (including phenoxy) is 1. The number of hydrogen-bond donors (Lipinski definition) is 2. The van der Waals surface area contributed by atoms with Crippen LogP contribution >= 0.6 is 11.6 Å². The van der Waals surface area contributed by atoms with Crippen molar-refractivity contribution in [2.24, 2.45) is 0 Å². The molecule has 0 amide bonds. The topological polar surface area (TPSA) is 82.9 Å².